The number of pyridine rings is 2. The Labute approximate surface area is 217 Å². The summed E-state index contributed by atoms with van der Waals surface area (Å²) in [6, 6.07) is 7.63. The summed E-state index contributed by atoms with van der Waals surface area (Å²) in [6.45, 7) is 10.9. The van der Waals surface area contributed by atoms with Gasteiger partial charge in [-0.25, -0.2) is 9.78 Å². The van der Waals surface area contributed by atoms with E-state index in [2.05, 4.69) is 39.3 Å². The summed E-state index contributed by atoms with van der Waals surface area (Å²) in [6.07, 6.45) is 7.21. The lowest BCUT2D eigenvalue weighted by Crippen LogP contribution is -2.35. The fourth-order valence-corrected chi connectivity index (χ4v) is 3.88. The van der Waals surface area contributed by atoms with E-state index in [0.717, 1.165) is 28.6 Å². The number of amides is 1. The molecule has 1 aliphatic rings. The monoisotopic (exact) mass is 502 g/mol. The number of anilines is 2. The Morgan fingerprint density at radius 2 is 2.03 bits per heavy atom. The van der Waals surface area contributed by atoms with E-state index in [1.165, 1.54) is 6.20 Å². The van der Waals surface area contributed by atoms with E-state index < -0.39 is 5.60 Å². The summed E-state index contributed by atoms with van der Waals surface area (Å²) in [4.78, 5) is 27.9. The van der Waals surface area contributed by atoms with Crippen molar-refractivity contribution in [1.82, 2.24) is 25.1 Å². The van der Waals surface area contributed by atoms with Crippen molar-refractivity contribution in [3.8, 4) is 0 Å². The molecule has 0 saturated carbocycles. The molecule has 10 heteroatoms. The Morgan fingerprint density at radius 3 is 2.76 bits per heavy atom. The molecular weight excluding hydrogens is 468 g/mol. The summed E-state index contributed by atoms with van der Waals surface area (Å²) in [5, 5.41) is 11.5. The molecule has 1 atom stereocenters. The van der Waals surface area contributed by atoms with Crippen LogP contribution in [-0.4, -0.2) is 62.1 Å². The van der Waals surface area contributed by atoms with Gasteiger partial charge in [0, 0.05) is 42.8 Å². The molecule has 1 amide bonds. The number of hydrogen-bond acceptors (Lipinski definition) is 9. The van der Waals surface area contributed by atoms with Crippen molar-refractivity contribution in [2.24, 2.45) is 10.7 Å². The quantitative estimate of drug-likeness (QED) is 0.465. The lowest BCUT2D eigenvalue weighted by Gasteiger charge is -2.24. The number of aromatic nitrogens is 4. The maximum Gasteiger partial charge on any atom is 0.410 e. The highest BCUT2D eigenvalue weighted by Gasteiger charge is 2.29. The Hall–Kier alpha value is -4.08. The second-order valence-corrected chi connectivity index (χ2v) is 10.4. The molecule has 1 aliphatic heterocycles. The lowest BCUT2D eigenvalue weighted by atomic mass is 10.1. The third-order valence-corrected chi connectivity index (χ3v) is 5.89. The van der Waals surface area contributed by atoms with Crippen molar-refractivity contribution in [2.45, 2.75) is 58.6 Å². The number of nitrogens with one attached hydrogen (secondary N) is 1. The zero-order valence-electron chi connectivity index (χ0n) is 22.0. The summed E-state index contributed by atoms with van der Waals surface area (Å²) in [5.74, 6) is 1.62. The van der Waals surface area contributed by atoms with E-state index in [-0.39, 0.29) is 12.1 Å². The van der Waals surface area contributed by atoms with Crippen molar-refractivity contribution in [1.29, 1.82) is 0 Å². The van der Waals surface area contributed by atoms with Crippen molar-refractivity contribution in [3.05, 3.63) is 54.0 Å². The molecule has 3 N–H and O–H groups in total. The standard InChI is InChI=1S/C27H34N8O2/c1-17(2)18-11-25(34-31-15-18)33-24-7-6-22-23(32-24)10-19(13-30-22)20(12-28)14-29-21-8-9-35(16-21)26(36)37-27(3,4)5/h6-7,10-15,17,21H,8-9,16,28H2,1-5H3,(H,32,33,34)/t21-/m0/s1. The maximum absolute atomic E-state index is 12.3. The fraction of sp³-hybridized carbons (Fsp3) is 0.407. The van der Waals surface area contributed by atoms with Crippen LogP contribution in [0.3, 0.4) is 0 Å². The zero-order valence-corrected chi connectivity index (χ0v) is 22.0. The minimum Gasteiger partial charge on any atom is -0.444 e. The van der Waals surface area contributed by atoms with Gasteiger partial charge in [-0.3, -0.25) is 9.98 Å². The highest BCUT2D eigenvalue weighted by molar-refractivity contribution is 6.10. The molecule has 0 spiro atoms. The molecule has 3 aromatic rings. The van der Waals surface area contributed by atoms with Crippen molar-refractivity contribution in [3.63, 3.8) is 0 Å². The lowest BCUT2D eigenvalue weighted by molar-refractivity contribution is 0.0293. The van der Waals surface area contributed by atoms with Crippen LogP contribution < -0.4 is 11.1 Å². The third kappa shape index (κ3) is 6.78. The Kier molecular flexibility index (Phi) is 7.66. The van der Waals surface area contributed by atoms with E-state index >= 15 is 0 Å². The number of fused-ring (bicyclic) bond motifs is 1. The summed E-state index contributed by atoms with van der Waals surface area (Å²) in [7, 11) is 0. The first-order valence-electron chi connectivity index (χ1n) is 12.4. The second-order valence-electron chi connectivity index (χ2n) is 10.4. The predicted octanol–water partition coefficient (Wildman–Crippen LogP) is 4.67. The number of carbonyl (C=O) groups is 1. The predicted molar refractivity (Wildman–Crippen MR) is 146 cm³/mol. The number of hydrogen-bond donors (Lipinski definition) is 2. The van der Waals surface area contributed by atoms with Crippen molar-refractivity contribution >= 4 is 40.6 Å². The van der Waals surface area contributed by atoms with Gasteiger partial charge < -0.3 is 20.7 Å². The number of rotatable bonds is 6. The number of nitrogens with zero attached hydrogens (tertiary/aromatic N) is 6. The number of aliphatic imine (C=N–C) groups is 1. The minimum absolute atomic E-state index is 0.0208. The second kappa shape index (κ2) is 10.9. The van der Waals surface area contributed by atoms with E-state index in [1.54, 1.807) is 23.5 Å². The molecule has 0 radical (unpaired) electrons. The van der Waals surface area contributed by atoms with Crippen LogP contribution in [0.4, 0.5) is 16.4 Å². The Morgan fingerprint density at radius 1 is 1.22 bits per heavy atom. The van der Waals surface area contributed by atoms with Gasteiger partial charge in [-0.05, 0) is 62.9 Å². The molecule has 1 saturated heterocycles. The molecule has 0 aliphatic carbocycles. The molecule has 0 bridgehead atoms. The van der Waals surface area contributed by atoms with Crippen LogP contribution in [0.2, 0.25) is 0 Å². The molecule has 0 aromatic carbocycles. The van der Waals surface area contributed by atoms with E-state index in [9.17, 15) is 4.79 Å². The molecule has 3 aromatic heterocycles. The first-order valence-corrected chi connectivity index (χ1v) is 12.4. The number of ether oxygens (including phenoxy) is 1. The SMILES string of the molecule is CC(C)c1cnnc(Nc2ccc3ncc(C(C=N[C@H]4CCN(C(=O)OC(C)(C)C)C4)=CN)cc3n2)c1. The van der Waals surface area contributed by atoms with Gasteiger partial charge in [-0.1, -0.05) is 13.8 Å². The molecule has 37 heavy (non-hydrogen) atoms. The summed E-state index contributed by atoms with van der Waals surface area (Å²) >= 11 is 0. The average Bonchev–Trinajstić information content (AvgIpc) is 3.33. The van der Waals surface area contributed by atoms with Crippen LogP contribution >= 0.6 is 0 Å². The van der Waals surface area contributed by atoms with Gasteiger partial charge in [0.2, 0.25) is 0 Å². The highest BCUT2D eigenvalue weighted by atomic mass is 16.6. The van der Waals surface area contributed by atoms with Gasteiger partial charge in [-0.15, -0.1) is 5.10 Å². The number of carbonyl (C=O) groups excluding carboxylic acids is 1. The van der Waals surface area contributed by atoms with E-state index in [0.29, 0.717) is 36.2 Å². The first-order chi connectivity index (χ1) is 17.6. The zero-order chi connectivity index (χ0) is 26.6. The van der Waals surface area contributed by atoms with Crippen LogP contribution in [-0.2, 0) is 4.74 Å². The third-order valence-electron chi connectivity index (χ3n) is 5.89. The fourth-order valence-electron chi connectivity index (χ4n) is 3.88. The summed E-state index contributed by atoms with van der Waals surface area (Å²) in [5.41, 5.74) is 9.49. The van der Waals surface area contributed by atoms with Gasteiger partial charge >= 0.3 is 6.09 Å². The van der Waals surface area contributed by atoms with Gasteiger partial charge in [0.1, 0.15) is 11.4 Å². The molecule has 194 valence electrons. The number of likely N-dealkylation sites (tertiary alicyclic amines) is 1. The maximum atomic E-state index is 12.3. The smallest absolute Gasteiger partial charge is 0.410 e. The number of nitrogens with two attached hydrogens (primary N) is 1. The molecule has 1 fully saturated rings. The van der Waals surface area contributed by atoms with Crippen molar-refractivity contribution < 1.29 is 9.53 Å². The van der Waals surface area contributed by atoms with Crippen LogP contribution in [0, 0.1) is 0 Å². The summed E-state index contributed by atoms with van der Waals surface area (Å²) < 4.78 is 5.47. The van der Waals surface area contributed by atoms with E-state index in [4.69, 9.17) is 15.5 Å². The van der Waals surface area contributed by atoms with Crippen LogP contribution in [0.25, 0.3) is 16.6 Å². The van der Waals surface area contributed by atoms with Gasteiger partial charge in [0.15, 0.2) is 5.82 Å². The molecule has 4 heterocycles. The normalized spacial score (nSPS) is 16.6. The van der Waals surface area contributed by atoms with Crippen LogP contribution in [0.5, 0.6) is 0 Å². The van der Waals surface area contributed by atoms with Gasteiger partial charge in [0.25, 0.3) is 0 Å². The van der Waals surface area contributed by atoms with Gasteiger partial charge in [-0.2, -0.15) is 5.10 Å². The first kappa shape index (κ1) is 26.0. The Bertz CT molecular complexity index is 1330. The number of allylic oxidation sites excluding steroid dienone is 1. The van der Waals surface area contributed by atoms with E-state index in [1.807, 2.05) is 45.0 Å². The Balaban J connectivity index is 1.47. The largest absolute Gasteiger partial charge is 0.444 e. The van der Waals surface area contributed by atoms with Crippen molar-refractivity contribution in [2.75, 3.05) is 18.4 Å². The molecular formula is C27H34N8O2. The minimum atomic E-state index is -0.522. The molecule has 10 nitrogen and oxygen atoms in total. The molecule has 4 rings (SSSR count). The van der Waals surface area contributed by atoms with Crippen LogP contribution in [0.15, 0.2) is 47.9 Å². The van der Waals surface area contributed by atoms with Gasteiger partial charge in [0.05, 0.1) is 23.3 Å². The van der Waals surface area contributed by atoms with Crippen LogP contribution in [0.1, 0.15) is 58.1 Å². The average molecular weight is 503 g/mol. The molecule has 0 unspecified atom stereocenters. The highest BCUT2D eigenvalue weighted by Crippen LogP contribution is 2.22. The topological polar surface area (TPSA) is 132 Å².